The van der Waals surface area contributed by atoms with Gasteiger partial charge in [-0.1, -0.05) is 44.9 Å². The number of amides is 1. The summed E-state index contributed by atoms with van der Waals surface area (Å²) in [4.78, 5) is 29.0. The highest BCUT2D eigenvalue weighted by Crippen LogP contribution is 2.41. The lowest BCUT2D eigenvalue weighted by atomic mass is 9.97. The lowest BCUT2D eigenvalue weighted by molar-refractivity contribution is 0.0725. The monoisotopic (exact) mass is 511 g/mol. The summed E-state index contributed by atoms with van der Waals surface area (Å²) in [6.07, 6.45) is 2.65. The zero-order valence-corrected chi connectivity index (χ0v) is 22.4. The molecule has 0 saturated carbocycles. The van der Waals surface area contributed by atoms with E-state index in [1.165, 1.54) is 0 Å². The molecule has 6 nitrogen and oxygen atoms in total. The van der Waals surface area contributed by atoms with Gasteiger partial charge < -0.3 is 18.8 Å². The molecule has 0 fully saturated rings. The predicted molar refractivity (Wildman–Crippen MR) is 143 cm³/mol. The Morgan fingerprint density at radius 1 is 1.08 bits per heavy atom. The molecule has 3 aromatic rings. The van der Waals surface area contributed by atoms with Crippen LogP contribution >= 0.6 is 11.6 Å². The molecule has 0 saturated heterocycles. The van der Waals surface area contributed by atoms with Gasteiger partial charge in [0.15, 0.2) is 16.9 Å². The van der Waals surface area contributed by atoms with E-state index in [4.69, 9.17) is 25.5 Å². The van der Waals surface area contributed by atoms with Crippen LogP contribution in [0.1, 0.15) is 80.2 Å². The standard InChI is InChI=1S/C29H34ClNO5/c1-6-8-12-31-26(19-9-10-22(24(15-19)34-7-2)35-13-11-17(3)4)25-27(32)20-16-21(30)18(5)14-23(20)36-28(25)29(31)33/h9-10,14-17,26H,6-8,11-13H2,1-5H3. The molecule has 1 unspecified atom stereocenters. The first-order chi connectivity index (χ1) is 17.3. The maximum absolute atomic E-state index is 13.8. The summed E-state index contributed by atoms with van der Waals surface area (Å²) >= 11 is 6.34. The third kappa shape index (κ3) is 4.96. The molecule has 1 amide bonds. The van der Waals surface area contributed by atoms with Crippen molar-refractivity contribution in [1.29, 1.82) is 0 Å². The van der Waals surface area contributed by atoms with E-state index in [0.29, 0.717) is 58.7 Å². The van der Waals surface area contributed by atoms with Crippen LogP contribution in [0.5, 0.6) is 11.5 Å². The Balaban J connectivity index is 1.85. The molecule has 36 heavy (non-hydrogen) atoms. The van der Waals surface area contributed by atoms with Gasteiger partial charge in [-0.15, -0.1) is 0 Å². The van der Waals surface area contributed by atoms with Crippen LogP contribution in [0.3, 0.4) is 0 Å². The van der Waals surface area contributed by atoms with Crippen LogP contribution in [-0.2, 0) is 0 Å². The first kappa shape index (κ1) is 26.1. The van der Waals surface area contributed by atoms with Crippen molar-refractivity contribution >= 4 is 28.5 Å². The minimum atomic E-state index is -0.580. The molecule has 4 rings (SSSR count). The summed E-state index contributed by atoms with van der Waals surface area (Å²) in [7, 11) is 0. The number of aryl methyl sites for hydroxylation is 1. The average Bonchev–Trinajstić information content (AvgIpc) is 3.11. The first-order valence-corrected chi connectivity index (χ1v) is 13.1. The number of hydrogen-bond acceptors (Lipinski definition) is 5. The van der Waals surface area contributed by atoms with Gasteiger partial charge in [0.2, 0.25) is 5.76 Å². The van der Waals surface area contributed by atoms with Gasteiger partial charge in [-0.05, 0) is 68.0 Å². The number of nitrogens with zero attached hydrogens (tertiary/aromatic N) is 1. The fourth-order valence-electron chi connectivity index (χ4n) is 4.53. The molecule has 192 valence electrons. The van der Waals surface area contributed by atoms with Crippen molar-refractivity contribution in [3.63, 3.8) is 0 Å². The van der Waals surface area contributed by atoms with E-state index in [1.54, 1.807) is 17.0 Å². The number of fused-ring (bicyclic) bond motifs is 2. The quantitative estimate of drug-likeness (QED) is 0.295. The maximum Gasteiger partial charge on any atom is 0.290 e. The molecule has 0 N–H and O–H groups in total. The molecule has 0 spiro atoms. The van der Waals surface area contributed by atoms with Crippen molar-refractivity contribution in [3.8, 4) is 11.5 Å². The summed E-state index contributed by atoms with van der Waals surface area (Å²) in [5.41, 5.74) is 2.04. The smallest absolute Gasteiger partial charge is 0.290 e. The van der Waals surface area contributed by atoms with Gasteiger partial charge in [-0.2, -0.15) is 0 Å². The van der Waals surface area contributed by atoms with Crippen LogP contribution in [0.4, 0.5) is 0 Å². The van der Waals surface area contributed by atoms with Gasteiger partial charge >= 0.3 is 0 Å². The Morgan fingerprint density at radius 3 is 2.56 bits per heavy atom. The van der Waals surface area contributed by atoms with Crippen LogP contribution in [-0.4, -0.2) is 30.6 Å². The second kappa shape index (κ2) is 11.0. The Bertz CT molecular complexity index is 1330. The van der Waals surface area contributed by atoms with E-state index in [2.05, 4.69) is 20.8 Å². The van der Waals surface area contributed by atoms with Gasteiger partial charge in [-0.25, -0.2) is 0 Å². The highest BCUT2D eigenvalue weighted by atomic mass is 35.5. The van der Waals surface area contributed by atoms with Crippen molar-refractivity contribution in [2.75, 3.05) is 19.8 Å². The van der Waals surface area contributed by atoms with Crippen LogP contribution in [0.25, 0.3) is 11.0 Å². The van der Waals surface area contributed by atoms with Crippen LogP contribution in [0.2, 0.25) is 5.02 Å². The van der Waals surface area contributed by atoms with Crippen molar-refractivity contribution < 1.29 is 18.7 Å². The summed E-state index contributed by atoms with van der Waals surface area (Å²) in [6.45, 7) is 11.7. The number of carbonyl (C=O) groups excluding carboxylic acids is 1. The molecule has 2 heterocycles. The number of halogens is 1. The molecule has 1 aromatic heterocycles. The van der Waals surface area contributed by atoms with Crippen molar-refractivity contribution in [2.24, 2.45) is 5.92 Å². The summed E-state index contributed by atoms with van der Waals surface area (Å²) in [6, 6.07) is 8.42. The Labute approximate surface area is 217 Å². The molecule has 0 bridgehead atoms. The molecule has 1 aliphatic rings. The van der Waals surface area contributed by atoms with Crippen molar-refractivity contribution in [3.05, 3.63) is 68.0 Å². The van der Waals surface area contributed by atoms with Gasteiger partial charge in [0.25, 0.3) is 5.91 Å². The fourth-order valence-corrected chi connectivity index (χ4v) is 4.70. The topological polar surface area (TPSA) is 69.0 Å². The molecule has 2 aromatic carbocycles. The maximum atomic E-state index is 13.8. The third-order valence-electron chi connectivity index (χ3n) is 6.54. The number of unbranched alkanes of at least 4 members (excludes halogenated alkanes) is 1. The SMILES string of the molecule is CCCCN1C(=O)c2oc3cc(C)c(Cl)cc3c(=O)c2C1c1ccc(OCCC(C)C)c(OCC)c1. The molecule has 0 radical (unpaired) electrons. The van der Waals surface area contributed by atoms with E-state index < -0.39 is 6.04 Å². The number of rotatable bonds is 10. The highest BCUT2D eigenvalue weighted by molar-refractivity contribution is 6.32. The molecule has 7 heteroatoms. The van der Waals surface area contributed by atoms with Gasteiger partial charge in [0.05, 0.1) is 30.2 Å². The normalized spacial score (nSPS) is 15.1. The number of ether oxygens (including phenoxy) is 2. The zero-order chi connectivity index (χ0) is 26.0. The summed E-state index contributed by atoms with van der Waals surface area (Å²) < 4.78 is 18.0. The highest BCUT2D eigenvalue weighted by Gasteiger charge is 2.42. The van der Waals surface area contributed by atoms with Crippen LogP contribution in [0.15, 0.2) is 39.5 Å². The second-order valence-electron chi connectivity index (χ2n) is 9.70. The largest absolute Gasteiger partial charge is 0.490 e. The van der Waals surface area contributed by atoms with Crippen molar-refractivity contribution in [2.45, 2.75) is 59.9 Å². The van der Waals surface area contributed by atoms with E-state index in [1.807, 2.05) is 32.0 Å². The second-order valence-corrected chi connectivity index (χ2v) is 10.1. The van der Waals surface area contributed by atoms with Gasteiger partial charge in [0.1, 0.15) is 5.58 Å². The van der Waals surface area contributed by atoms with E-state index >= 15 is 0 Å². The van der Waals surface area contributed by atoms with Crippen molar-refractivity contribution in [1.82, 2.24) is 4.90 Å². The minimum Gasteiger partial charge on any atom is -0.490 e. The Kier molecular flexibility index (Phi) is 7.94. The number of benzene rings is 2. The summed E-state index contributed by atoms with van der Waals surface area (Å²) in [5, 5.41) is 0.859. The first-order valence-electron chi connectivity index (χ1n) is 12.7. The minimum absolute atomic E-state index is 0.102. The van der Waals surface area contributed by atoms with Gasteiger partial charge in [-0.3, -0.25) is 9.59 Å². The lowest BCUT2D eigenvalue weighted by Gasteiger charge is -2.26. The Hall–Kier alpha value is -2.99. The third-order valence-corrected chi connectivity index (χ3v) is 6.94. The lowest BCUT2D eigenvalue weighted by Crippen LogP contribution is -2.30. The van der Waals surface area contributed by atoms with E-state index in [0.717, 1.165) is 30.4 Å². The molecular weight excluding hydrogens is 478 g/mol. The number of hydrogen-bond donors (Lipinski definition) is 0. The van der Waals surface area contributed by atoms with E-state index in [-0.39, 0.29) is 17.1 Å². The average molecular weight is 512 g/mol. The zero-order valence-electron chi connectivity index (χ0n) is 21.7. The molecular formula is C29H34ClNO5. The molecule has 1 atom stereocenters. The van der Waals surface area contributed by atoms with Crippen LogP contribution < -0.4 is 14.9 Å². The molecule has 1 aliphatic heterocycles. The van der Waals surface area contributed by atoms with Crippen LogP contribution in [0, 0.1) is 12.8 Å². The number of carbonyl (C=O) groups is 1. The summed E-state index contributed by atoms with van der Waals surface area (Å²) in [5.74, 6) is 1.60. The van der Waals surface area contributed by atoms with Gasteiger partial charge in [0, 0.05) is 11.6 Å². The molecule has 0 aliphatic carbocycles. The van der Waals surface area contributed by atoms with E-state index in [9.17, 15) is 9.59 Å². The fraction of sp³-hybridized carbons (Fsp3) is 0.448. The predicted octanol–water partition coefficient (Wildman–Crippen LogP) is 6.92. The Morgan fingerprint density at radius 2 is 1.86 bits per heavy atom.